The van der Waals surface area contributed by atoms with E-state index in [1.807, 2.05) is 12.1 Å². The molecule has 1 aliphatic rings. The maximum Gasteiger partial charge on any atom is 0.123 e. The molecule has 112 valence electrons. The molecular formula is C16H26N2O2. The monoisotopic (exact) mass is 278 g/mol. The lowest BCUT2D eigenvalue weighted by Gasteiger charge is -2.42. The molecule has 0 saturated carbocycles. The van der Waals surface area contributed by atoms with Crippen molar-refractivity contribution in [1.82, 2.24) is 4.90 Å². The maximum absolute atomic E-state index is 6.20. The largest absolute Gasteiger partial charge is 0.497 e. The number of hydrogen-bond donors (Lipinski definition) is 1. The van der Waals surface area contributed by atoms with Gasteiger partial charge in [0.1, 0.15) is 11.5 Å². The van der Waals surface area contributed by atoms with Crippen molar-refractivity contribution in [2.24, 2.45) is 11.1 Å². The van der Waals surface area contributed by atoms with Crippen molar-refractivity contribution in [3.63, 3.8) is 0 Å². The van der Waals surface area contributed by atoms with E-state index >= 15 is 0 Å². The zero-order valence-corrected chi connectivity index (χ0v) is 13.0. The first kappa shape index (κ1) is 15.1. The Kier molecular flexibility index (Phi) is 4.55. The van der Waals surface area contributed by atoms with Crippen molar-refractivity contribution in [2.45, 2.75) is 32.9 Å². The second kappa shape index (κ2) is 6.02. The van der Waals surface area contributed by atoms with E-state index in [2.05, 4.69) is 24.8 Å². The van der Waals surface area contributed by atoms with Gasteiger partial charge in [-0.3, -0.25) is 4.90 Å². The molecule has 1 fully saturated rings. The summed E-state index contributed by atoms with van der Waals surface area (Å²) < 4.78 is 10.8. The Morgan fingerprint density at radius 1 is 1.30 bits per heavy atom. The Hall–Kier alpha value is -1.26. The second-order valence-electron chi connectivity index (χ2n) is 6.27. The van der Waals surface area contributed by atoms with Gasteiger partial charge in [0.25, 0.3) is 0 Å². The summed E-state index contributed by atoms with van der Waals surface area (Å²) in [5.41, 5.74) is 7.52. The van der Waals surface area contributed by atoms with Crippen LogP contribution in [0.25, 0.3) is 0 Å². The van der Waals surface area contributed by atoms with Gasteiger partial charge in [-0.15, -0.1) is 0 Å². The Balaban J connectivity index is 2.13. The molecule has 0 amide bonds. The van der Waals surface area contributed by atoms with Gasteiger partial charge in [0, 0.05) is 31.2 Å². The summed E-state index contributed by atoms with van der Waals surface area (Å²) in [7, 11) is 3.40. The Bertz CT molecular complexity index is 460. The Labute approximate surface area is 121 Å². The van der Waals surface area contributed by atoms with Crippen LogP contribution < -0.4 is 15.2 Å². The predicted octanol–water partition coefficient (Wildman–Crippen LogP) is 2.26. The molecule has 0 radical (unpaired) electrons. The zero-order valence-electron chi connectivity index (χ0n) is 13.0. The Morgan fingerprint density at radius 2 is 2.05 bits per heavy atom. The zero-order chi connectivity index (χ0) is 14.8. The highest BCUT2D eigenvalue weighted by molar-refractivity contribution is 5.40. The van der Waals surface area contributed by atoms with E-state index < -0.39 is 0 Å². The van der Waals surface area contributed by atoms with E-state index in [0.29, 0.717) is 0 Å². The van der Waals surface area contributed by atoms with Gasteiger partial charge in [0.05, 0.1) is 14.2 Å². The summed E-state index contributed by atoms with van der Waals surface area (Å²) in [5.74, 6) is 1.78. The lowest BCUT2D eigenvalue weighted by atomic mass is 9.79. The van der Waals surface area contributed by atoms with Crippen molar-refractivity contribution in [1.29, 1.82) is 0 Å². The van der Waals surface area contributed by atoms with E-state index in [9.17, 15) is 0 Å². The van der Waals surface area contributed by atoms with E-state index in [4.69, 9.17) is 15.2 Å². The van der Waals surface area contributed by atoms with Gasteiger partial charge in [-0.1, -0.05) is 13.8 Å². The molecule has 4 nitrogen and oxygen atoms in total. The minimum absolute atomic E-state index is 0.157. The smallest absolute Gasteiger partial charge is 0.123 e. The third-order valence-corrected chi connectivity index (χ3v) is 4.27. The molecule has 2 N–H and O–H groups in total. The summed E-state index contributed by atoms with van der Waals surface area (Å²) in [6, 6.07) is 6.24. The molecule has 1 atom stereocenters. The van der Waals surface area contributed by atoms with Gasteiger partial charge in [-0.05, 0) is 30.0 Å². The summed E-state index contributed by atoms with van der Waals surface area (Å²) in [6.07, 6.45) is 1.04. The SMILES string of the molecule is COc1ccc(OC)c(CN2CCC(N)C(C)(C)C2)c1. The van der Waals surface area contributed by atoms with Gasteiger partial charge < -0.3 is 15.2 Å². The topological polar surface area (TPSA) is 47.7 Å². The quantitative estimate of drug-likeness (QED) is 0.918. The maximum atomic E-state index is 6.20. The third-order valence-electron chi connectivity index (χ3n) is 4.27. The molecule has 2 rings (SSSR count). The second-order valence-corrected chi connectivity index (χ2v) is 6.27. The van der Waals surface area contributed by atoms with Crippen LogP contribution in [-0.4, -0.2) is 38.3 Å². The Morgan fingerprint density at radius 3 is 2.65 bits per heavy atom. The molecular weight excluding hydrogens is 252 g/mol. The minimum atomic E-state index is 0.157. The lowest BCUT2D eigenvalue weighted by molar-refractivity contribution is 0.0892. The number of nitrogens with two attached hydrogens (primary N) is 1. The average Bonchev–Trinajstić information content (AvgIpc) is 2.42. The van der Waals surface area contributed by atoms with Gasteiger partial charge in [0.15, 0.2) is 0 Å². The predicted molar refractivity (Wildman–Crippen MR) is 81.2 cm³/mol. The van der Waals surface area contributed by atoms with E-state index in [-0.39, 0.29) is 11.5 Å². The van der Waals surface area contributed by atoms with Crippen molar-refractivity contribution in [3.8, 4) is 11.5 Å². The highest BCUT2D eigenvalue weighted by Gasteiger charge is 2.33. The van der Waals surface area contributed by atoms with Gasteiger partial charge in [-0.2, -0.15) is 0 Å². The van der Waals surface area contributed by atoms with Crippen molar-refractivity contribution in [3.05, 3.63) is 23.8 Å². The highest BCUT2D eigenvalue weighted by atomic mass is 16.5. The fourth-order valence-electron chi connectivity index (χ4n) is 2.87. The standard InChI is InChI=1S/C16H26N2O2/c1-16(2)11-18(8-7-15(16)17)10-12-9-13(19-3)5-6-14(12)20-4/h5-6,9,15H,7-8,10-11,17H2,1-4H3. The van der Waals surface area contributed by atoms with Gasteiger partial charge in [0.2, 0.25) is 0 Å². The molecule has 0 aliphatic carbocycles. The van der Waals surface area contributed by atoms with Crippen LogP contribution in [0.5, 0.6) is 11.5 Å². The molecule has 1 aromatic rings. The summed E-state index contributed by atoms with van der Waals surface area (Å²) in [4.78, 5) is 2.45. The average molecular weight is 278 g/mol. The first-order valence-electron chi connectivity index (χ1n) is 7.15. The van der Waals surface area contributed by atoms with E-state index in [1.54, 1.807) is 14.2 Å². The fraction of sp³-hybridized carbons (Fsp3) is 0.625. The number of ether oxygens (including phenoxy) is 2. The third kappa shape index (κ3) is 3.25. The number of benzene rings is 1. The molecule has 0 spiro atoms. The van der Waals surface area contributed by atoms with Crippen LogP contribution in [0.2, 0.25) is 0 Å². The van der Waals surface area contributed by atoms with Crippen molar-refractivity contribution >= 4 is 0 Å². The molecule has 20 heavy (non-hydrogen) atoms. The summed E-state index contributed by atoms with van der Waals surface area (Å²) >= 11 is 0. The molecule has 1 saturated heterocycles. The van der Waals surface area contributed by atoms with Crippen LogP contribution >= 0.6 is 0 Å². The van der Waals surface area contributed by atoms with Crippen LogP contribution in [-0.2, 0) is 6.54 Å². The van der Waals surface area contributed by atoms with Crippen LogP contribution in [0.4, 0.5) is 0 Å². The van der Waals surface area contributed by atoms with Gasteiger partial charge in [-0.25, -0.2) is 0 Å². The number of nitrogens with zero attached hydrogens (tertiary/aromatic N) is 1. The molecule has 0 bridgehead atoms. The van der Waals surface area contributed by atoms with Crippen LogP contribution in [0.3, 0.4) is 0 Å². The van der Waals surface area contributed by atoms with E-state index in [0.717, 1.165) is 43.1 Å². The number of piperidine rings is 1. The highest BCUT2D eigenvalue weighted by Crippen LogP contribution is 2.31. The van der Waals surface area contributed by atoms with E-state index in [1.165, 1.54) is 0 Å². The fourth-order valence-corrected chi connectivity index (χ4v) is 2.87. The molecule has 1 heterocycles. The first-order valence-corrected chi connectivity index (χ1v) is 7.15. The molecule has 1 aromatic carbocycles. The molecule has 4 heteroatoms. The normalized spacial score (nSPS) is 22.6. The number of likely N-dealkylation sites (tertiary alicyclic amines) is 1. The number of hydrogen-bond acceptors (Lipinski definition) is 4. The molecule has 1 unspecified atom stereocenters. The number of rotatable bonds is 4. The van der Waals surface area contributed by atoms with Crippen LogP contribution in [0.15, 0.2) is 18.2 Å². The lowest BCUT2D eigenvalue weighted by Crippen LogP contribution is -2.52. The summed E-state index contributed by atoms with van der Waals surface area (Å²) in [6.45, 7) is 7.40. The van der Waals surface area contributed by atoms with Crippen molar-refractivity contribution < 1.29 is 9.47 Å². The van der Waals surface area contributed by atoms with Crippen LogP contribution in [0.1, 0.15) is 25.8 Å². The molecule has 1 aliphatic heterocycles. The first-order chi connectivity index (χ1) is 9.46. The van der Waals surface area contributed by atoms with Crippen LogP contribution in [0, 0.1) is 5.41 Å². The summed E-state index contributed by atoms with van der Waals surface area (Å²) in [5, 5.41) is 0. The molecule has 0 aromatic heterocycles. The van der Waals surface area contributed by atoms with Crippen molar-refractivity contribution in [2.75, 3.05) is 27.3 Å². The minimum Gasteiger partial charge on any atom is -0.497 e. The number of methoxy groups -OCH3 is 2. The van der Waals surface area contributed by atoms with Gasteiger partial charge >= 0.3 is 0 Å².